The molecule has 0 aliphatic heterocycles. The zero-order valence-electron chi connectivity index (χ0n) is 13.4. The number of aryl methyl sites for hydroxylation is 1. The number of benzene rings is 2. The van der Waals surface area contributed by atoms with Crippen molar-refractivity contribution in [2.24, 2.45) is 0 Å². The Morgan fingerprint density at radius 1 is 1.22 bits per heavy atom. The van der Waals surface area contributed by atoms with Crippen molar-refractivity contribution >= 4 is 11.6 Å². The number of anilines is 1. The maximum atomic E-state index is 12.2. The van der Waals surface area contributed by atoms with Gasteiger partial charge in [-0.3, -0.25) is 4.79 Å². The Bertz CT molecular complexity index is 702. The number of hydrogen-bond donors (Lipinski definition) is 1. The van der Waals surface area contributed by atoms with Gasteiger partial charge in [0, 0.05) is 5.69 Å². The fourth-order valence-electron chi connectivity index (χ4n) is 2.20. The molecular formula is C19H20N2O2. The van der Waals surface area contributed by atoms with E-state index in [-0.39, 0.29) is 5.91 Å². The molecule has 23 heavy (non-hydrogen) atoms. The van der Waals surface area contributed by atoms with Crippen LogP contribution in [0.25, 0.3) is 0 Å². The van der Waals surface area contributed by atoms with Crippen molar-refractivity contribution in [3.05, 3.63) is 59.7 Å². The summed E-state index contributed by atoms with van der Waals surface area (Å²) in [6.07, 6.45) is 0.619. The van der Waals surface area contributed by atoms with Crippen LogP contribution in [0.3, 0.4) is 0 Å². The van der Waals surface area contributed by atoms with E-state index in [2.05, 4.69) is 18.3 Å². The van der Waals surface area contributed by atoms with E-state index in [0.717, 1.165) is 23.3 Å². The molecule has 4 nitrogen and oxygen atoms in total. The molecule has 0 unspecified atom stereocenters. The minimum atomic E-state index is -0.596. The third kappa shape index (κ3) is 4.58. The van der Waals surface area contributed by atoms with Gasteiger partial charge in [-0.1, -0.05) is 37.3 Å². The molecule has 0 heterocycles. The highest BCUT2D eigenvalue weighted by atomic mass is 16.5. The third-order valence-electron chi connectivity index (χ3n) is 3.53. The first kappa shape index (κ1) is 16.6. The number of amides is 1. The normalized spacial score (nSPS) is 11.3. The van der Waals surface area contributed by atoms with Crippen LogP contribution in [0.1, 0.15) is 25.0 Å². The Labute approximate surface area is 136 Å². The van der Waals surface area contributed by atoms with Crippen LogP contribution in [0.15, 0.2) is 48.5 Å². The SMILES string of the molecule is CCc1ccccc1O[C@H](C)C(=O)Nc1ccc(CC#N)cc1. The number of ether oxygens (including phenoxy) is 1. The van der Waals surface area contributed by atoms with Crippen molar-refractivity contribution in [2.75, 3.05) is 5.32 Å². The van der Waals surface area contributed by atoms with Crippen molar-refractivity contribution in [3.63, 3.8) is 0 Å². The van der Waals surface area contributed by atoms with E-state index in [9.17, 15) is 4.79 Å². The molecule has 0 aromatic heterocycles. The van der Waals surface area contributed by atoms with E-state index >= 15 is 0 Å². The van der Waals surface area contributed by atoms with Gasteiger partial charge in [0.05, 0.1) is 12.5 Å². The summed E-state index contributed by atoms with van der Waals surface area (Å²) < 4.78 is 5.78. The molecule has 0 saturated carbocycles. The molecule has 0 bridgehead atoms. The fourth-order valence-corrected chi connectivity index (χ4v) is 2.20. The summed E-state index contributed by atoms with van der Waals surface area (Å²) in [5.74, 6) is 0.533. The van der Waals surface area contributed by atoms with Gasteiger partial charge in [-0.15, -0.1) is 0 Å². The lowest BCUT2D eigenvalue weighted by Gasteiger charge is -2.17. The van der Waals surface area contributed by atoms with Gasteiger partial charge < -0.3 is 10.1 Å². The van der Waals surface area contributed by atoms with Gasteiger partial charge in [-0.2, -0.15) is 5.26 Å². The smallest absolute Gasteiger partial charge is 0.265 e. The van der Waals surface area contributed by atoms with E-state index in [1.54, 1.807) is 19.1 Å². The molecule has 0 aliphatic carbocycles. The van der Waals surface area contributed by atoms with Crippen molar-refractivity contribution in [3.8, 4) is 11.8 Å². The summed E-state index contributed by atoms with van der Waals surface area (Å²) >= 11 is 0. The number of carbonyl (C=O) groups is 1. The van der Waals surface area contributed by atoms with Gasteiger partial charge in [0.1, 0.15) is 5.75 Å². The Kier molecular flexibility index (Phi) is 5.76. The van der Waals surface area contributed by atoms with Crippen molar-refractivity contribution in [1.82, 2.24) is 0 Å². The monoisotopic (exact) mass is 308 g/mol. The van der Waals surface area contributed by atoms with Crippen LogP contribution < -0.4 is 10.1 Å². The second-order valence-corrected chi connectivity index (χ2v) is 5.24. The summed E-state index contributed by atoms with van der Waals surface area (Å²) in [7, 11) is 0. The van der Waals surface area contributed by atoms with Crippen LogP contribution in [0.5, 0.6) is 5.75 Å². The van der Waals surface area contributed by atoms with Gasteiger partial charge in [0.2, 0.25) is 0 Å². The van der Waals surface area contributed by atoms with Crippen LogP contribution >= 0.6 is 0 Å². The Balaban J connectivity index is 1.98. The molecule has 0 spiro atoms. The Morgan fingerprint density at radius 2 is 1.91 bits per heavy atom. The van der Waals surface area contributed by atoms with Gasteiger partial charge >= 0.3 is 0 Å². The van der Waals surface area contributed by atoms with Crippen molar-refractivity contribution in [1.29, 1.82) is 5.26 Å². The summed E-state index contributed by atoms with van der Waals surface area (Å²) in [4.78, 5) is 12.2. The summed E-state index contributed by atoms with van der Waals surface area (Å²) in [5, 5.41) is 11.5. The minimum Gasteiger partial charge on any atom is -0.481 e. The number of carbonyl (C=O) groups excluding carboxylic acids is 1. The van der Waals surface area contributed by atoms with Crippen LogP contribution in [0.4, 0.5) is 5.69 Å². The standard InChI is InChI=1S/C19H20N2O2/c1-3-16-6-4-5-7-18(16)23-14(2)19(22)21-17-10-8-15(9-11-17)12-13-20/h4-11,14H,3,12H2,1-2H3,(H,21,22)/t14-/m1/s1. The molecule has 0 fully saturated rings. The van der Waals surface area contributed by atoms with Crippen LogP contribution in [0, 0.1) is 11.3 Å². The first-order valence-corrected chi connectivity index (χ1v) is 7.65. The summed E-state index contributed by atoms with van der Waals surface area (Å²) in [6, 6.07) is 17.1. The second-order valence-electron chi connectivity index (χ2n) is 5.24. The number of hydrogen-bond acceptors (Lipinski definition) is 3. The predicted octanol–water partition coefficient (Wildman–Crippen LogP) is 3.72. The minimum absolute atomic E-state index is 0.205. The average molecular weight is 308 g/mol. The highest BCUT2D eigenvalue weighted by Gasteiger charge is 2.16. The maximum Gasteiger partial charge on any atom is 0.265 e. The molecule has 118 valence electrons. The van der Waals surface area contributed by atoms with Gasteiger partial charge in [-0.25, -0.2) is 0 Å². The van der Waals surface area contributed by atoms with Crippen LogP contribution in [-0.4, -0.2) is 12.0 Å². The molecule has 2 aromatic rings. The number of nitriles is 1. The van der Waals surface area contributed by atoms with E-state index in [0.29, 0.717) is 12.1 Å². The van der Waals surface area contributed by atoms with E-state index in [4.69, 9.17) is 10.00 Å². The zero-order chi connectivity index (χ0) is 16.7. The highest BCUT2D eigenvalue weighted by Crippen LogP contribution is 2.20. The molecule has 4 heteroatoms. The molecule has 1 amide bonds. The lowest BCUT2D eigenvalue weighted by Crippen LogP contribution is -2.30. The van der Waals surface area contributed by atoms with Gasteiger partial charge in [0.25, 0.3) is 5.91 Å². The fraction of sp³-hybridized carbons (Fsp3) is 0.263. The molecular weight excluding hydrogens is 288 g/mol. The third-order valence-corrected chi connectivity index (χ3v) is 3.53. The van der Waals surface area contributed by atoms with Crippen LogP contribution in [0.2, 0.25) is 0 Å². The van der Waals surface area contributed by atoms with E-state index in [1.807, 2.05) is 36.4 Å². The van der Waals surface area contributed by atoms with Crippen molar-refractivity contribution in [2.45, 2.75) is 32.8 Å². The Morgan fingerprint density at radius 3 is 2.57 bits per heavy atom. The largest absolute Gasteiger partial charge is 0.481 e. The zero-order valence-corrected chi connectivity index (χ0v) is 13.4. The molecule has 2 aromatic carbocycles. The number of rotatable bonds is 6. The number of para-hydroxylation sites is 1. The molecule has 2 rings (SSSR count). The quantitative estimate of drug-likeness (QED) is 0.884. The topological polar surface area (TPSA) is 62.1 Å². The van der Waals surface area contributed by atoms with Gasteiger partial charge in [0.15, 0.2) is 6.10 Å². The second kappa shape index (κ2) is 8.00. The first-order chi connectivity index (χ1) is 11.1. The lowest BCUT2D eigenvalue weighted by atomic mass is 10.1. The molecule has 0 saturated heterocycles. The van der Waals surface area contributed by atoms with Crippen LogP contribution in [-0.2, 0) is 17.6 Å². The van der Waals surface area contributed by atoms with E-state index in [1.165, 1.54) is 0 Å². The Hall–Kier alpha value is -2.80. The predicted molar refractivity (Wildman–Crippen MR) is 90.3 cm³/mol. The molecule has 1 atom stereocenters. The molecule has 1 N–H and O–H groups in total. The molecule has 0 radical (unpaired) electrons. The van der Waals surface area contributed by atoms with Gasteiger partial charge in [-0.05, 0) is 42.7 Å². The highest BCUT2D eigenvalue weighted by molar-refractivity contribution is 5.94. The lowest BCUT2D eigenvalue weighted by molar-refractivity contribution is -0.122. The number of nitrogens with zero attached hydrogens (tertiary/aromatic N) is 1. The molecule has 0 aliphatic rings. The number of nitrogens with one attached hydrogen (secondary N) is 1. The maximum absolute atomic E-state index is 12.2. The first-order valence-electron chi connectivity index (χ1n) is 7.65. The van der Waals surface area contributed by atoms with E-state index < -0.39 is 6.10 Å². The summed E-state index contributed by atoms with van der Waals surface area (Å²) in [6.45, 7) is 3.78. The van der Waals surface area contributed by atoms with Crippen molar-refractivity contribution < 1.29 is 9.53 Å². The summed E-state index contributed by atoms with van der Waals surface area (Å²) in [5.41, 5.74) is 2.69. The average Bonchev–Trinajstić information content (AvgIpc) is 2.57.